The van der Waals surface area contributed by atoms with E-state index in [1.54, 1.807) is 0 Å². The molecule has 0 aromatic heterocycles. The Morgan fingerprint density at radius 1 is 1.71 bits per heavy atom. The van der Waals surface area contributed by atoms with Gasteiger partial charge in [0.2, 0.25) is 5.91 Å². The average Bonchev–Trinajstić information content (AvgIpc) is 2.49. The van der Waals surface area contributed by atoms with E-state index in [2.05, 4.69) is 21.0 Å². The van der Waals surface area contributed by atoms with E-state index in [9.17, 15) is 9.59 Å². The van der Waals surface area contributed by atoms with Gasteiger partial charge in [-0.05, 0) is 0 Å². The van der Waals surface area contributed by atoms with E-state index in [1.807, 2.05) is 13.8 Å². The minimum Gasteiger partial charge on any atom is -0.341 e. The van der Waals surface area contributed by atoms with Crippen LogP contribution in [-0.4, -0.2) is 37.0 Å². The van der Waals surface area contributed by atoms with E-state index in [4.69, 9.17) is 0 Å². The molecular weight excluding hydrogens is 186 g/mol. The Morgan fingerprint density at radius 3 is 2.93 bits per heavy atom. The Hall–Kier alpha value is -1.14. The molecule has 0 saturated carbocycles. The smallest absolute Gasteiger partial charge is 0.268 e. The zero-order valence-electron chi connectivity index (χ0n) is 8.29. The van der Waals surface area contributed by atoms with Crippen molar-refractivity contribution < 1.29 is 14.4 Å². The lowest BCUT2D eigenvalue weighted by Crippen LogP contribution is -2.46. The summed E-state index contributed by atoms with van der Waals surface area (Å²) in [6, 6.07) is -0.314. The van der Waals surface area contributed by atoms with Gasteiger partial charge in [-0.3, -0.25) is 14.4 Å². The van der Waals surface area contributed by atoms with E-state index < -0.39 is 6.04 Å². The summed E-state index contributed by atoms with van der Waals surface area (Å²) < 4.78 is 0. The SMILES string of the molecule is CC(C)NCC(=O)N[C@@H]1CONC1=O. The number of amides is 2. The van der Waals surface area contributed by atoms with Crippen molar-refractivity contribution >= 4 is 11.8 Å². The molecule has 1 fully saturated rings. The lowest BCUT2D eigenvalue weighted by molar-refractivity contribution is -0.128. The van der Waals surface area contributed by atoms with Gasteiger partial charge in [0.05, 0.1) is 6.54 Å². The van der Waals surface area contributed by atoms with Crippen LogP contribution in [0.4, 0.5) is 0 Å². The molecule has 0 unspecified atom stereocenters. The second kappa shape index (κ2) is 4.92. The summed E-state index contributed by atoms with van der Waals surface area (Å²) in [5.41, 5.74) is 2.17. The van der Waals surface area contributed by atoms with Crippen LogP contribution in [0.2, 0.25) is 0 Å². The Labute approximate surface area is 82.3 Å². The monoisotopic (exact) mass is 201 g/mol. The summed E-state index contributed by atoms with van der Waals surface area (Å²) in [7, 11) is 0. The van der Waals surface area contributed by atoms with Crippen LogP contribution in [-0.2, 0) is 14.4 Å². The average molecular weight is 201 g/mol. The van der Waals surface area contributed by atoms with Gasteiger partial charge in [0.15, 0.2) is 0 Å². The fourth-order valence-corrected chi connectivity index (χ4v) is 0.992. The maximum absolute atomic E-state index is 11.2. The summed E-state index contributed by atoms with van der Waals surface area (Å²) in [6.07, 6.45) is 0. The number of nitrogens with one attached hydrogen (secondary N) is 3. The van der Waals surface area contributed by atoms with E-state index in [1.165, 1.54) is 0 Å². The lowest BCUT2D eigenvalue weighted by atomic mass is 10.3. The molecule has 2 amide bonds. The molecule has 1 saturated heterocycles. The van der Waals surface area contributed by atoms with Crippen LogP contribution in [0.25, 0.3) is 0 Å². The molecule has 6 nitrogen and oxygen atoms in total. The number of carbonyl (C=O) groups is 2. The van der Waals surface area contributed by atoms with E-state index >= 15 is 0 Å². The van der Waals surface area contributed by atoms with Crippen molar-refractivity contribution in [2.24, 2.45) is 0 Å². The highest BCUT2D eigenvalue weighted by molar-refractivity contribution is 5.88. The number of rotatable bonds is 4. The van der Waals surface area contributed by atoms with Gasteiger partial charge in [0.25, 0.3) is 5.91 Å². The largest absolute Gasteiger partial charge is 0.341 e. The summed E-state index contributed by atoms with van der Waals surface area (Å²) in [5.74, 6) is -0.507. The van der Waals surface area contributed by atoms with Gasteiger partial charge in [-0.15, -0.1) is 0 Å². The molecule has 0 bridgehead atoms. The molecule has 0 spiro atoms. The first-order valence-electron chi connectivity index (χ1n) is 4.54. The fraction of sp³-hybridized carbons (Fsp3) is 0.750. The minimum absolute atomic E-state index is 0.187. The lowest BCUT2D eigenvalue weighted by Gasteiger charge is -2.10. The molecule has 1 rings (SSSR count). The van der Waals surface area contributed by atoms with E-state index in [-0.39, 0.29) is 31.0 Å². The predicted octanol–water partition coefficient (Wildman–Crippen LogP) is -1.47. The van der Waals surface area contributed by atoms with Gasteiger partial charge in [-0.25, -0.2) is 5.48 Å². The highest BCUT2D eigenvalue weighted by atomic mass is 16.7. The van der Waals surface area contributed by atoms with Crippen LogP contribution >= 0.6 is 0 Å². The van der Waals surface area contributed by atoms with Crippen molar-refractivity contribution in [1.82, 2.24) is 16.1 Å². The standard InChI is InChI=1S/C8H15N3O3/c1-5(2)9-3-7(12)10-6-4-14-11-8(6)13/h5-6,9H,3-4H2,1-2H3,(H,10,12)(H,11,13)/t6-/m1/s1. The Bertz CT molecular complexity index is 230. The zero-order chi connectivity index (χ0) is 10.6. The first kappa shape index (κ1) is 10.9. The Kier molecular flexibility index (Phi) is 3.84. The third kappa shape index (κ3) is 3.31. The molecule has 0 aromatic rings. The molecule has 6 heteroatoms. The third-order valence-corrected chi connectivity index (χ3v) is 1.75. The van der Waals surface area contributed by atoms with Crippen molar-refractivity contribution in [2.45, 2.75) is 25.9 Å². The molecule has 1 aliphatic heterocycles. The van der Waals surface area contributed by atoms with Crippen LogP contribution in [0.15, 0.2) is 0 Å². The summed E-state index contributed by atoms with van der Waals surface area (Å²) >= 11 is 0. The molecule has 14 heavy (non-hydrogen) atoms. The molecule has 1 aliphatic rings. The number of hydrogen-bond acceptors (Lipinski definition) is 4. The van der Waals surface area contributed by atoms with E-state index in [0.29, 0.717) is 0 Å². The maximum Gasteiger partial charge on any atom is 0.268 e. The first-order chi connectivity index (χ1) is 6.59. The fourth-order valence-electron chi connectivity index (χ4n) is 0.992. The van der Waals surface area contributed by atoms with Crippen molar-refractivity contribution in [2.75, 3.05) is 13.2 Å². The third-order valence-electron chi connectivity index (χ3n) is 1.75. The predicted molar refractivity (Wildman–Crippen MR) is 49.2 cm³/mol. The molecular formula is C8H15N3O3. The number of hydroxylamine groups is 1. The number of carbonyl (C=O) groups excluding carboxylic acids is 2. The van der Waals surface area contributed by atoms with Gasteiger partial charge < -0.3 is 10.6 Å². The van der Waals surface area contributed by atoms with Crippen molar-refractivity contribution in [3.8, 4) is 0 Å². The quantitative estimate of drug-likeness (QED) is 0.519. The van der Waals surface area contributed by atoms with Gasteiger partial charge in [-0.1, -0.05) is 13.8 Å². The summed E-state index contributed by atoms with van der Waals surface area (Å²) in [5, 5.41) is 5.49. The van der Waals surface area contributed by atoms with E-state index in [0.717, 1.165) is 0 Å². The van der Waals surface area contributed by atoms with Gasteiger partial charge in [0, 0.05) is 6.04 Å². The Balaban J connectivity index is 2.23. The molecule has 0 aliphatic carbocycles. The van der Waals surface area contributed by atoms with Crippen LogP contribution in [0, 0.1) is 0 Å². The molecule has 1 heterocycles. The second-order valence-corrected chi connectivity index (χ2v) is 3.43. The first-order valence-corrected chi connectivity index (χ1v) is 4.54. The topological polar surface area (TPSA) is 79.5 Å². The van der Waals surface area contributed by atoms with Crippen molar-refractivity contribution in [1.29, 1.82) is 0 Å². The second-order valence-electron chi connectivity index (χ2n) is 3.43. The summed E-state index contributed by atoms with van der Waals surface area (Å²) in [6.45, 7) is 4.28. The van der Waals surface area contributed by atoms with Crippen LogP contribution in [0.1, 0.15) is 13.8 Å². The Morgan fingerprint density at radius 2 is 2.43 bits per heavy atom. The van der Waals surface area contributed by atoms with Crippen molar-refractivity contribution in [3.63, 3.8) is 0 Å². The van der Waals surface area contributed by atoms with Crippen molar-refractivity contribution in [3.05, 3.63) is 0 Å². The molecule has 0 radical (unpaired) electrons. The molecule has 1 atom stereocenters. The summed E-state index contributed by atoms with van der Waals surface area (Å²) in [4.78, 5) is 26.9. The number of hydrogen-bond donors (Lipinski definition) is 3. The highest BCUT2D eigenvalue weighted by Gasteiger charge is 2.26. The van der Waals surface area contributed by atoms with Gasteiger partial charge in [0.1, 0.15) is 12.6 Å². The molecule has 0 aromatic carbocycles. The zero-order valence-corrected chi connectivity index (χ0v) is 8.29. The normalized spacial score (nSPS) is 21.1. The maximum atomic E-state index is 11.2. The highest BCUT2D eigenvalue weighted by Crippen LogP contribution is 1.93. The molecule has 3 N–H and O–H groups in total. The molecule has 80 valence electrons. The van der Waals surface area contributed by atoms with Crippen LogP contribution in [0.5, 0.6) is 0 Å². The van der Waals surface area contributed by atoms with Gasteiger partial charge in [-0.2, -0.15) is 0 Å². The van der Waals surface area contributed by atoms with Crippen LogP contribution < -0.4 is 16.1 Å². The van der Waals surface area contributed by atoms with Crippen LogP contribution in [0.3, 0.4) is 0 Å². The van der Waals surface area contributed by atoms with Gasteiger partial charge >= 0.3 is 0 Å². The minimum atomic E-state index is -0.559.